The summed E-state index contributed by atoms with van der Waals surface area (Å²) in [4.78, 5) is 1.07. The summed E-state index contributed by atoms with van der Waals surface area (Å²) in [5, 5.41) is 10.3. The summed E-state index contributed by atoms with van der Waals surface area (Å²) < 4.78 is 14.6. The highest BCUT2D eigenvalue weighted by Crippen LogP contribution is 2.23. The van der Waals surface area contributed by atoms with E-state index in [1.165, 1.54) is 6.07 Å². The Morgan fingerprint density at radius 3 is 2.55 bits per heavy atom. The Balaban J connectivity index is 1.89. The van der Waals surface area contributed by atoms with Gasteiger partial charge in [-0.05, 0) is 42.0 Å². The summed E-state index contributed by atoms with van der Waals surface area (Å²) >= 11 is 10.6. The van der Waals surface area contributed by atoms with Crippen molar-refractivity contribution >= 4 is 39.3 Å². The number of aliphatic hydroxyl groups is 1. The highest BCUT2D eigenvalue weighted by molar-refractivity contribution is 9.10. The van der Waals surface area contributed by atoms with Gasteiger partial charge in [-0.1, -0.05) is 33.6 Å². The molecule has 0 spiro atoms. The van der Waals surface area contributed by atoms with Gasteiger partial charge in [-0.3, -0.25) is 0 Å². The van der Waals surface area contributed by atoms with Gasteiger partial charge in [-0.25, -0.2) is 4.39 Å². The van der Waals surface area contributed by atoms with Crippen LogP contribution < -0.4 is 0 Å². The van der Waals surface area contributed by atoms with Gasteiger partial charge in [0.15, 0.2) is 0 Å². The van der Waals surface area contributed by atoms with Gasteiger partial charge in [-0.15, -0.1) is 11.8 Å². The van der Waals surface area contributed by atoms with E-state index in [9.17, 15) is 9.50 Å². The molecule has 1 unspecified atom stereocenters. The molecule has 106 valence electrons. The average Bonchev–Trinajstić information content (AvgIpc) is 2.41. The van der Waals surface area contributed by atoms with E-state index < -0.39 is 6.10 Å². The van der Waals surface area contributed by atoms with Crippen molar-refractivity contribution in [2.45, 2.75) is 17.4 Å². The van der Waals surface area contributed by atoms with Crippen molar-refractivity contribution in [3.63, 3.8) is 0 Å². The Hall–Kier alpha value is -0.550. The van der Waals surface area contributed by atoms with E-state index in [4.69, 9.17) is 11.6 Å². The molecule has 0 radical (unpaired) electrons. The molecule has 0 bridgehead atoms. The topological polar surface area (TPSA) is 20.2 Å². The molecule has 0 heterocycles. The van der Waals surface area contributed by atoms with Crippen LogP contribution in [-0.2, 0) is 6.42 Å². The summed E-state index contributed by atoms with van der Waals surface area (Å²) in [6.45, 7) is 0. The second-order valence-corrected chi connectivity index (χ2v) is 6.80. The summed E-state index contributed by atoms with van der Waals surface area (Å²) in [5.74, 6) is 0.147. The SMILES string of the molecule is OC(CSc1ccc(Br)cc1)Cc1ccc(Cl)cc1F. The van der Waals surface area contributed by atoms with Gasteiger partial charge in [0.1, 0.15) is 5.82 Å². The zero-order valence-corrected chi connectivity index (χ0v) is 13.7. The fourth-order valence-corrected chi connectivity index (χ4v) is 2.98. The van der Waals surface area contributed by atoms with E-state index in [1.807, 2.05) is 24.3 Å². The lowest BCUT2D eigenvalue weighted by molar-refractivity contribution is 0.198. The number of benzene rings is 2. The molecule has 0 saturated carbocycles. The number of hydrogen-bond acceptors (Lipinski definition) is 2. The molecule has 1 nitrogen and oxygen atoms in total. The second kappa shape index (κ2) is 7.46. The van der Waals surface area contributed by atoms with Crippen molar-refractivity contribution in [3.8, 4) is 0 Å². The van der Waals surface area contributed by atoms with Crippen LogP contribution in [0.1, 0.15) is 5.56 Å². The maximum atomic E-state index is 13.6. The van der Waals surface area contributed by atoms with E-state index in [1.54, 1.807) is 23.9 Å². The first-order chi connectivity index (χ1) is 9.54. The third-order valence-electron chi connectivity index (χ3n) is 2.73. The van der Waals surface area contributed by atoms with Crippen LogP contribution in [0.5, 0.6) is 0 Å². The lowest BCUT2D eigenvalue weighted by Crippen LogP contribution is -2.14. The number of halogens is 3. The first-order valence-corrected chi connectivity index (χ1v) is 8.20. The number of thioether (sulfide) groups is 1. The number of rotatable bonds is 5. The molecule has 0 amide bonds. The lowest BCUT2D eigenvalue weighted by atomic mass is 10.1. The molecule has 0 aliphatic rings. The van der Waals surface area contributed by atoms with Crippen molar-refractivity contribution in [3.05, 3.63) is 63.3 Å². The highest BCUT2D eigenvalue weighted by Gasteiger charge is 2.10. The first-order valence-electron chi connectivity index (χ1n) is 6.05. The van der Waals surface area contributed by atoms with E-state index in [0.29, 0.717) is 16.3 Å². The molecule has 2 aromatic carbocycles. The van der Waals surface area contributed by atoms with Crippen molar-refractivity contribution in [1.29, 1.82) is 0 Å². The predicted octanol–water partition coefficient (Wildman–Crippen LogP) is 4.94. The van der Waals surface area contributed by atoms with Crippen LogP contribution in [0, 0.1) is 5.82 Å². The van der Waals surface area contributed by atoms with Gasteiger partial charge < -0.3 is 5.11 Å². The fraction of sp³-hybridized carbons (Fsp3) is 0.200. The molecule has 0 saturated heterocycles. The zero-order chi connectivity index (χ0) is 14.5. The molecule has 20 heavy (non-hydrogen) atoms. The molecule has 0 fully saturated rings. The second-order valence-electron chi connectivity index (χ2n) is 4.36. The largest absolute Gasteiger partial charge is 0.392 e. The zero-order valence-electron chi connectivity index (χ0n) is 10.5. The summed E-state index contributed by atoms with van der Waals surface area (Å²) in [7, 11) is 0. The summed E-state index contributed by atoms with van der Waals surface area (Å²) in [5.41, 5.74) is 0.485. The Morgan fingerprint density at radius 1 is 1.20 bits per heavy atom. The predicted molar refractivity (Wildman–Crippen MR) is 86.0 cm³/mol. The van der Waals surface area contributed by atoms with Crippen molar-refractivity contribution in [2.24, 2.45) is 0 Å². The van der Waals surface area contributed by atoms with Gasteiger partial charge in [0.2, 0.25) is 0 Å². The fourth-order valence-electron chi connectivity index (χ4n) is 1.72. The minimum atomic E-state index is -0.598. The molecule has 2 aromatic rings. The van der Waals surface area contributed by atoms with Crippen LogP contribution in [0.2, 0.25) is 5.02 Å². The van der Waals surface area contributed by atoms with Gasteiger partial charge >= 0.3 is 0 Å². The molecule has 2 rings (SSSR count). The summed E-state index contributed by atoms with van der Waals surface area (Å²) in [6.07, 6.45) is -0.314. The van der Waals surface area contributed by atoms with E-state index in [-0.39, 0.29) is 12.2 Å². The maximum Gasteiger partial charge on any atom is 0.127 e. The lowest BCUT2D eigenvalue weighted by Gasteiger charge is -2.11. The number of hydrogen-bond donors (Lipinski definition) is 1. The Morgan fingerprint density at radius 2 is 1.90 bits per heavy atom. The van der Waals surface area contributed by atoms with Crippen LogP contribution in [0.4, 0.5) is 4.39 Å². The van der Waals surface area contributed by atoms with Gasteiger partial charge in [0.05, 0.1) is 6.10 Å². The van der Waals surface area contributed by atoms with Gasteiger partial charge in [-0.2, -0.15) is 0 Å². The molecular weight excluding hydrogens is 363 g/mol. The molecule has 0 aliphatic carbocycles. The van der Waals surface area contributed by atoms with E-state index in [2.05, 4.69) is 15.9 Å². The van der Waals surface area contributed by atoms with Crippen LogP contribution in [-0.4, -0.2) is 17.0 Å². The van der Waals surface area contributed by atoms with Crippen LogP contribution >= 0.6 is 39.3 Å². The minimum absolute atomic E-state index is 0.284. The van der Waals surface area contributed by atoms with Crippen LogP contribution in [0.25, 0.3) is 0 Å². The number of aliphatic hydroxyl groups excluding tert-OH is 1. The van der Waals surface area contributed by atoms with Crippen LogP contribution in [0.15, 0.2) is 51.8 Å². The van der Waals surface area contributed by atoms with Gasteiger partial charge in [0.25, 0.3) is 0 Å². The average molecular weight is 376 g/mol. The minimum Gasteiger partial charge on any atom is -0.392 e. The normalized spacial score (nSPS) is 12.4. The van der Waals surface area contributed by atoms with Crippen molar-refractivity contribution in [1.82, 2.24) is 0 Å². The molecule has 0 aromatic heterocycles. The molecule has 1 N–H and O–H groups in total. The first kappa shape index (κ1) is 15.8. The van der Waals surface area contributed by atoms with E-state index >= 15 is 0 Å². The maximum absolute atomic E-state index is 13.6. The van der Waals surface area contributed by atoms with E-state index in [0.717, 1.165) is 9.37 Å². The molecule has 5 heteroatoms. The molecule has 1 atom stereocenters. The smallest absolute Gasteiger partial charge is 0.127 e. The monoisotopic (exact) mass is 374 g/mol. The summed E-state index contributed by atoms with van der Waals surface area (Å²) in [6, 6.07) is 12.4. The third kappa shape index (κ3) is 4.77. The molecular formula is C15H13BrClFOS. The Kier molecular flexibility index (Phi) is 5.90. The Bertz CT molecular complexity index is 577. The van der Waals surface area contributed by atoms with Crippen molar-refractivity contribution < 1.29 is 9.50 Å². The highest BCUT2D eigenvalue weighted by atomic mass is 79.9. The quantitative estimate of drug-likeness (QED) is 0.747. The molecule has 0 aliphatic heterocycles. The van der Waals surface area contributed by atoms with Gasteiger partial charge in [0, 0.05) is 26.6 Å². The van der Waals surface area contributed by atoms with Crippen LogP contribution in [0.3, 0.4) is 0 Å². The Labute approximate surface area is 135 Å². The standard InChI is InChI=1S/C15H13BrClFOS/c16-11-2-5-14(6-3-11)20-9-13(19)7-10-1-4-12(17)8-15(10)18/h1-6,8,13,19H,7,9H2. The van der Waals surface area contributed by atoms with Crippen molar-refractivity contribution in [2.75, 3.05) is 5.75 Å². The third-order valence-corrected chi connectivity index (χ3v) is 4.65.